The van der Waals surface area contributed by atoms with E-state index in [0.717, 1.165) is 23.8 Å². The van der Waals surface area contributed by atoms with Crippen molar-refractivity contribution < 1.29 is 0 Å². The van der Waals surface area contributed by atoms with E-state index in [-0.39, 0.29) is 0 Å². The van der Waals surface area contributed by atoms with Crippen molar-refractivity contribution >= 4 is 23.5 Å². The average molecular weight is 300 g/mol. The highest BCUT2D eigenvalue weighted by atomic mass is 32.2. The van der Waals surface area contributed by atoms with E-state index in [1.54, 1.807) is 11.8 Å². The number of aromatic nitrogens is 2. The lowest BCUT2D eigenvalue weighted by molar-refractivity contribution is 0.911. The van der Waals surface area contributed by atoms with Crippen LogP contribution in [0.5, 0.6) is 0 Å². The fourth-order valence-electron chi connectivity index (χ4n) is 2.57. The highest BCUT2D eigenvalue weighted by Gasteiger charge is 2.12. The third-order valence-electron chi connectivity index (χ3n) is 3.57. The van der Waals surface area contributed by atoms with Crippen molar-refractivity contribution in [2.24, 2.45) is 0 Å². The molecule has 0 amide bonds. The molecular formula is C16H20N4S. The van der Waals surface area contributed by atoms with E-state index < -0.39 is 0 Å². The number of nitrogens with one attached hydrogen (secondary N) is 1. The van der Waals surface area contributed by atoms with Crippen molar-refractivity contribution in [1.82, 2.24) is 9.97 Å². The molecule has 0 radical (unpaired) electrons. The van der Waals surface area contributed by atoms with Gasteiger partial charge in [0.25, 0.3) is 0 Å². The van der Waals surface area contributed by atoms with Gasteiger partial charge >= 0.3 is 0 Å². The molecule has 1 aromatic heterocycles. The van der Waals surface area contributed by atoms with Crippen LogP contribution in [0.4, 0.5) is 11.8 Å². The van der Waals surface area contributed by atoms with Crippen LogP contribution in [0.3, 0.4) is 0 Å². The Morgan fingerprint density at radius 3 is 2.90 bits per heavy atom. The lowest BCUT2D eigenvalue weighted by Gasteiger charge is -2.08. The van der Waals surface area contributed by atoms with Gasteiger partial charge in [0.15, 0.2) is 0 Å². The fraction of sp³-hybridized carbons (Fsp3) is 0.375. The second-order valence-corrected chi connectivity index (χ2v) is 6.36. The number of aryl methyl sites for hydroxylation is 2. The second kappa shape index (κ2) is 6.35. The maximum absolute atomic E-state index is 5.80. The monoisotopic (exact) mass is 300 g/mol. The van der Waals surface area contributed by atoms with Crippen LogP contribution in [-0.4, -0.2) is 16.5 Å². The molecule has 0 spiro atoms. The molecule has 1 aromatic carbocycles. The summed E-state index contributed by atoms with van der Waals surface area (Å²) in [5.41, 5.74) is 8.77. The Morgan fingerprint density at radius 1 is 1.19 bits per heavy atom. The number of hydrogen-bond donors (Lipinski definition) is 2. The molecule has 1 aliphatic rings. The lowest BCUT2D eigenvalue weighted by Crippen LogP contribution is -2.05. The zero-order valence-corrected chi connectivity index (χ0v) is 13.0. The smallest absolute Gasteiger partial charge is 0.223 e. The molecule has 21 heavy (non-hydrogen) atoms. The molecule has 0 saturated carbocycles. The number of rotatable bonds is 5. The number of benzene rings is 1. The number of hydrogen-bond acceptors (Lipinski definition) is 5. The van der Waals surface area contributed by atoms with Crippen molar-refractivity contribution in [2.75, 3.05) is 17.6 Å². The number of nitrogens with zero attached hydrogens (tertiary/aromatic N) is 2. The first kappa shape index (κ1) is 14.2. The van der Waals surface area contributed by atoms with E-state index in [1.165, 1.54) is 35.3 Å². The molecule has 0 fully saturated rings. The third kappa shape index (κ3) is 3.47. The van der Waals surface area contributed by atoms with Gasteiger partial charge in [-0.25, -0.2) is 4.98 Å². The van der Waals surface area contributed by atoms with Gasteiger partial charge in [0.2, 0.25) is 5.95 Å². The van der Waals surface area contributed by atoms with Gasteiger partial charge in [0.05, 0.1) is 0 Å². The first-order valence-corrected chi connectivity index (χ1v) is 8.24. The Bertz CT molecular complexity index is 642. The Labute approximate surface area is 129 Å². The minimum absolute atomic E-state index is 0.319. The zero-order chi connectivity index (χ0) is 14.7. The highest BCUT2D eigenvalue weighted by molar-refractivity contribution is 7.99. The molecule has 110 valence electrons. The fourth-order valence-corrected chi connectivity index (χ4v) is 3.46. The quantitative estimate of drug-likeness (QED) is 0.827. The highest BCUT2D eigenvalue weighted by Crippen LogP contribution is 2.32. The molecular weight excluding hydrogens is 280 g/mol. The third-order valence-corrected chi connectivity index (χ3v) is 4.48. The van der Waals surface area contributed by atoms with Crippen LogP contribution in [0.25, 0.3) is 0 Å². The SMILES string of the molecule is CCCNc1cc(Sc2ccc3c(c2)CCC3)nc(N)n1. The number of fused-ring (bicyclic) bond motifs is 1. The lowest BCUT2D eigenvalue weighted by atomic mass is 10.1. The van der Waals surface area contributed by atoms with Crippen molar-refractivity contribution in [3.63, 3.8) is 0 Å². The van der Waals surface area contributed by atoms with Crippen LogP contribution >= 0.6 is 11.8 Å². The molecule has 0 bridgehead atoms. The van der Waals surface area contributed by atoms with Gasteiger partial charge < -0.3 is 11.1 Å². The molecule has 1 heterocycles. The van der Waals surface area contributed by atoms with E-state index in [2.05, 4.69) is 40.4 Å². The van der Waals surface area contributed by atoms with E-state index in [4.69, 9.17) is 5.73 Å². The summed E-state index contributed by atoms with van der Waals surface area (Å²) in [6.07, 6.45) is 4.73. The van der Waals surface area contributed by atoms with Gasteiger partial charge in [-0.15, -0.1) is 0 Å². The van der Waals surface area contributed by atoms with E-state index >= 15 is 0 Å². The van der Waals surface area contributed by atoms with Crippen LogP contribution < -0.4 is 11.1 Å². The maximum atomic E-state index is 5.80. The van der Waals surface area contributed by atoms with Crippen LogP contribution in [-0.2, 0) is 12.8 Å². The van der Waals surface area contributed by atoms with Crippen molar-refractivity contribution in [3.05, 3.63) is 35.4 Å². The molecule has 4 nitrogen and oxygen atoms in total. The number of anilines is 2. The number of nitrogens with two attached hydrogens (primary N) is 1. The predicted octanol–water partition coefficient (Wildman–Crippen LogP) is 3.52. The summed E-state index contributed by atoms with van der Waals surface area (Å²) in [5.74, 6) is 1.12. The Hall–Kier alpha value is -1.75. The summed E-state index contributed by atoms with van der Waals surface area (Å²) in [4.78, 5) is 9.75. The van der Waals surface area contributed by atoms with Gasteiger partial charge in [0.1, 0.15) is 10.8 Å². The van der Waals surface area contributed by atoms with E-state index in [9.17, 15) is 0 Å². The molecule has 5 heteroatoms. The summed E-state index contributed by atoms with van der Waals surface area (Å²) in [7, 11) is 0. The van der Waals surface area contributed by atoms with Crippen molar-refractivity contribution in [3.8, 4) is 0 Å². The van der Waals surface area contributed by atoms with Gasteiger partial charge in [-0.3, -0.25) is 0 Å². The Morgan fingerprint density at radius 2 is 2.05 bits per heavy atom. The number of nitrogen functional groups attached to an aromatic ring is 1. The van der Waals surface area contributed by atoms with E-state index in [0.29, 0.717) is 5.95 Å². The van der Waals surface area contributed by atoms with Gasteiger partial charge in [-0.1, -0.05) is 24.8 Å². The first-order valence-electron chi connectivity index (χ1n) is 7.42. The maximum Gasteiger partial charge on any atom is 0.223 e. The summed E-state index contributed by atoms with van der Waals surface area (Å²) in [6.45, 7) is 3.01. The molecule has 0 aliphatic heterocycles. The van der Waals surface area contributed by atoms with Gasteiger partial charge in [-0.05, 0) is 48.9 Å². The van der Waals surface area contributed by atoms with Crippen LogP contribution in [0.2, 0.25) is 0 Å². The summed E-state index contributed by atoms with van der Waals surface area (Å²) in [6, 6.07) is 8.66. The average Bonchev–Trinajstić information content (AvgIpc) is 2.92. The molecule has 0 saturated heterocycles. The topological polar surface area (TPSA) is 63.8 Å². The molecule has 1 aliphatic carbocycles. The van der Waals surface area contributed by atoms with Gasteiger partial charge in [-0.2, -0.15) is 4.98 Å². The summed E-state index contributed by atoms with van der Waals surface area (Å²) in [5, 5.41) is 4.15. The minimum atomic E-state index is 0.319. The molecule has 3 N–H and O–H groups in total. The van der Waals surface area contributed by atoms with Gasteiger partial charge in [0, 0.05) is 17.5 Å². The predicted molar refractivity (Wildman–Crippen MR) is 87.8 cm³/mol. The molecule has 0 atom stereocenters. The van der Waals surface area contributed by atoms with Crippen molar-refractivity contribution in [2.45, 2.75) is 42.5 Å². The molecule has 3 rings (SSSR count). The van der Waals surface area contributed by atoms with E-state index in [1.807, 2.05) is 6.07 Å². The molecule has 2 aromatic rings. The Balaban J connectivity index is 1.79. The summed E-state index contributed by atoms with van der Waals surface area (Å²) >= 11 is 1.64. The van der Waals surface area contributed by atoms with Crippen LogP contribution in [0.15, 0.2) is 34.2 Å². The van der Waals surface area contributed by atoms with Crippen LogP contribution in [0.1, 0.15) is 30.9 Å². The first-order chi connectivity index (χ1) is 10.2. The standard InChI is InChI=1S/C16H20N4S/c1-2-8-18-14-10-15(20-16(17)19-14)21-13-7-6-11-4-3-5-12(11)9-13/h6-7,9-10H,2-5,8H2,1H3,(H3,17,18,19,20). The van der Waals surface area contributed by atoms with Crippen molar-refractivity contribution in [1.29, 1.82) is 0 Å². The second-order valence-electron chi connectivity index (χ2n) is 5.26. The Kier molecular flexibility index (Phi) is 4.29. The normalized spacial score (nSPS) is 13.2. The largest absolute Gasteiger partial charge is 0.370 e. The van der Waals surface area contributed by atoms with Crippen LogP contribution in [0, 0.1) is 0 Å². The molecule has 0 unspecified atom stereocenters. The summed E-state index contributed by atoms with van der Waals surface area (Å²) < 4.78 is 0. The minimum Gasteiger partial charge on any atom is -0.370 e. The zero-order valence-electron chi connectivity index (χ0n) is 12.2.